The van der Waals surface area contributed by atoms with Crippen molar-refractivity contribution in [3.63, 3.8) is 0 Å². The van der Waals surface area contributed by atoms with Crippen molar-refractivity contribution in [2.45, 2.75) is 26.4 Å². The molecule has 0 aromatic heterocycles. The van der Waals surface area contributed by atoms with Gasteiger partial charge >= 0.3 is 0 Å². The monoisotopic (exact) mass is 270 g/mol. The maximum Gasteiger partial charge on any atom is 0.138 e. The van der Waals surface area contributed by atoms with E-state index < -0.39 is 0 Å². The normalized spacial score (nSPS) is 11.3. The number of ether oxygens (including phenoxy) is 2. The topological polar surface area (TPSA) is 68.3 Å². The molecule has 4 nitrogen and oxygen atoms in total. The minimum absolute atomic E-state index is 0.0143. The van der Waals surface area contributed by atoms with Crippen LogP contribution in [-0.4, -0.2) is 24.7 Å². The molecule has 0 heterocycles. The van der Waals surface area contributed by atoms with E-state index in [1.165, 1.54) is 0 Å². The average molecular weight is 271 g/mol. The second-order valence-electron chi connectivity index (χ2n) is 4.87. The fraction of sp³-hybridized carbons (Fsp3) is 0.462. The molecule has 18 heavy (non-hydrogen) atoms. The molecule has 0 saturated carbocycles. The first kappa shape index (κ1) is 14.8. The summed E-state index contributed by atoms with van der Waals surface area (Å²) in [6.45, 7) is 6.88. The van der Waals surface area contributed by atoms with Crippen LogP contribution >= 0.6 is 11.6 Å². The van der Waals surface area contributed by atoms with Crippen LogP contribution in [0.3, 0.4) is 0 Å². The lowest BCUT2D eigenvalue weighted by atomic mass is 10.2. The largest absolute Gasteiger partial charge is 0.490 e. The fourth-order valence-electron chi connectivity index (χ4n) is 1.28. The van der Waals surface area contributed by atoms with Crippen LogP contribution in [0.1, 0.15) is 26.3 Å². The molecule has 0 fully saturated rings. The van der Waals surface area contributed by atoms with Crippen LogP contribution in [0, 0.1) is 5.41 Å². The van der Waals surface area contributed by atoms with Gasteiger partial charge in [0.25, 0.3) is 0 Å². The highest BCUT2D eigenvalue weighted by molar-refractivity contribution is 6.32. The number of nitrogen functional groups attached to an aromatic ring is 1. The lowest BCUT2D eigenvalue weighted by Gasteiger charge is -2.19. The Morgan fingerprint density at radius 1 is 1.33 bits per heavy atom. The van der Waals surface area contributed by atoms with Crippen molar-refractivity contribution in [1.29, 1.82) is 5.41 Å². The van der Waals surface area contributed by atoms with Crippen LogP contribution in [0.5, 0.6) is 5.75 Å². The Bertz CT molecular complexity index is 427. The summed E-state index contributed by atoms with van der Waals surface area (Å²) < 4.78 is 11.0. The standard InChI is InChI=1S/C13H19ClN2O2/c1-13(2,3)18-7-6-17-11-5-4-9(12(15)16)8-10(11)14/h4-5,8H,6-7H2,1-3H3,(H3,15,16). The molecule has 0 saturated heterocycles. The Kier molecular flexibility index (Phi) is 4.99. The summed E-state index contributed by atoms with van der Waals surface area (Å²) in [4.78, 5) is 0. The van der Waals surface area contributed by atoms with E-state index in [2.05, 4.69) is 0 Å². The first-order valence-electron chi connectivity index (χ1n) is 5.70. The number of rotatable bonds is 5. The zero-order valence-electron chi connectivity index (χ0n) is 10.9. The summed E-state index contributed by atoms with van der Waals surface area (Å²) in [6.07, 6.45) is 0. The minimum atomic E-state index is -0.175. The van der Waals surface area contributed by atoms with Gasteiger partial charge in [0.1, 0.15) is 18.2 Å². The third-order valence-corrected chi connectivity index (χ3v) is 2.41. The molecule has 3 N–H and O–H groups in total. The van der Waals surface area contributed by atoms with E-state index in [1.807, 2.05) is 20.8 Å². The van der Waals surface area contributed by atoms with Crippen molar-refractivity contribution in [3.05, 3.63) is 28.8 Å². The van der Waals surface area contributed by atoms with Gasteiger partial charge in [0.2, 0.25) is 0 Å². The average Bonchev–Trinajstić information content (AvgIpc) is 2.24. The molecule has 100 valence electrons. The third kappa shape index (κ3) is 4.94. The molecule has 0 aliphatic rings. The zero-order valence-corrected chi connectivity index (χ0v) is 11.7. The van der Waals surface area contributed by atoms with Crippen molar-refractivity contribution in [1.82, 2.24) is 0 Å². The second-order valence-corrected chi connectivity index (χ2v) is 5.28. The summed E-state index contributed by atoms with van der Waals surface area (Å²) in [7, 11) is 0. The van der Waals surface area contributed by atoms with Crippen LogP contribution in [0.15, 0.2) is 18.2 Å². The summed E-state index contributed by atoms with van der Waals surface area (Å²) in [5.74, 6) is 0.554. The molecule has 0 bridgehead atoms. The van der Waals surface area contributed by atoms with Crippen LogP contribution < -0.4 is 10.5 Å². The van der Waals surface area contributed by atoms with Crippen molar-refractivity contribution in [2.75, 3.05) is 13.2 Å². The van der Waals surface area contributed by atoms with E-state index in [0.717, 1.165) is 0 Å². The molecule has 1 rings (SSSR count). The van der Waals surface area contributed by atoms with Gasteiger partial charge in [-0.25, -0.2) is 0 Å². The lowest BCUT2D eigenvalue weighted by molar-refractivity contribution is -0.0162. The number of nitrogens with one attached hydrogen (secondary N) is 1. The minimum Gasteiger partial charge on any atom is -0.490 e. The molecule has 0 amide bonds. The fourth-order valence-corrected chi connectivity index (χ4v) is 1.52. The quantitative estimate of drug-likeness (QED) is 0.491. The molecule has 0 spiro atoms. The Morgan fingerprint density at radius 2 is 2.00 bits per heavy atom. The van der Waals surface area contributed by atoms with E-state index in [9.17, 15) is 0 Å². The van der Waals surface area contributed by atoms with Gasteiger partial charge in [0, 0.05) is 5.56 Å². The highest BCUT2D eigenvalue weighted by atomic mass is 35.5. The smallest absolute Gasteiger partial charge is 0.138 e. The first-order chi connectivity index (χ1) is 8.29. The molecule has 0 unspecified atom stereocenters. The van der Waals surface area contributed by atoms with E-state index in [1.54, 1.807) is 18.2 Å². The Labute approximate surface area is 113 Å². The van der Waals surface area contributed by atoms with Gasteiger partial charge in [-0.2, -0.15) is 0 Å². The maximum atomic E-state index is 7.30. The number of hydrogen-bond donors (Lipinski definition) is 2. The van der Waals surface area contributed by atoms with Gasteiger partial charge in [0.05, 0.1) is 17.2 Å². The van der Waals surface area contributed by atoms with Crippen LogP contribution in [-0.2, 0) is 4.74 Å². The van der Waals surface area contributed by atoms with Crippen molar-refractivity contribution in [3.8, 4) is 5.75 Å². The molecule has 1 aromatic carbocycles. The van der Waals surface area contributed by atoms with Crippen LogP contribution in [0.4, 0.5) is 0 Å². The van der Waals surface area contributed by atoms with Crippen molar-refractivity contribution < 1.29 is 9.47 Å². The van der Waals surface area contributed by atoms with Crippen LogP contribution in [0.25, 0.3) is 0 Å². The van der Waals surface area contributed by atoms with E-state index in [-0.39, 0.29) is 11.4 Å². The van der Waals surface area contributed by atoms with E-state index in [4.69, 9.17) is 32.2 Å². The molecule has 0 aliphatic carbocycles. The summed E-state index contributed by atoms with van der Waals surface area (Å²) >= 11 is 6.02. The Hall–Kier alpha value is -1.26. The molecule has 0 atom stereocenters. The second kappa shape index (κ2) is 6.07. The molecule has 0 aliphatic heterocycles. The molecular formula is C13H19ClN2O2. The van der Waals surface area contributed by atoms with Gasteiger partial charge < -0.3 is 15.2 Å². The predicted molar refractivity (Wildman–Crippen MR) is 73.7 cm³/mol. The number of amidine groups is 1. The first-order valence-corrected chi connectivity index (χ1v) is 6.08. The van der Waals surface area contributed by atoms with Crippen molar-refractivity contribution >= 4 is 17.4 Å². The van der Waals surface area contributed by atoms with Gasteiger partial charge in [0.15, 0.2) is 0 Å². The van der Waals surface area contributed by atoms with Crippen LogP contribution in [0.2, 0.25) is 5.02 Å². The highest BCUT2D eigenvalue weighted by Gasteiger charge is 2.10. The predicted octanol–water partition coefficient (Wildman–Crippen LogP) is 2.82. The summed E-state index contributed by atoms with van der Waals surface area (Å²) in [5, 5.41) is 7.74. The molecule has 0 radical (unpaired) electrons. The van der Waals surface area contributed by atoms with E-state index >= 15 is 0 Å². The molecule has 5 heteroatoms. The third-order valence-electron chi connectivity index (χ3n) is 2.12. The SMILES string of the molecule is CC(C)(C)OCCOc1ccc(C(=N)N)cc1Cl. The summed E-state index contributed by atoms with van der Waals surface area (Å²) in [6, 6.07) is 5.02. The number of halogens is 1. The highest BCUT2D eigenvalue weighted by Crippen LogP contribution is 2.25. The number of hydrogen-bond acceptors (Lipinski definition) is 3. The lowest BCUT2D eigenvalue weighted by Crippen LogP contribution is -2.22. The Balaban J connectivity index is 2.51. The van der Waals surface area contributed by atoms with Gasteiger partial charge in [-0.3, -0.25) is 5.41 Å². The number of benzene rings is 1. The maximum absolute atomic E-state index is 7.30. The molecular weight excluding hydrogens is 252 g/mol. The number of nitrogens with two attached hydrogens (primary N) is 1. The van der Waals surface area contributed by atoms with Gasteiger partial charge in [-0.15, -0.1) is 0 Å². The van der Waals surface area contributed by atoms with Gasteiger partial charge in [-0.1, -0.05) is 11.6 Å². The zero-order chi connectivity index (χ0) is 13.8. The van der Waals surface area contributed by atoms with Crippen molar-refractivity contribution in [2.24, 2.45) is 5.73 Å². The Morgan fingerprint density at radius 3 is 2.50 bits per heavy atom. The van der Waals surface area contributed by atoms with Gasteiger partial charge in [-0.05, 0) is 39.0 Å². The van der Waals surface area contributed by atoms with E-state index in [0.29, 0.717) is 29.5 Å². The summed E-state index contributed by atoms with van der Waals surface area (Å²) in [5.41, 5.74) is 5.77. The molecule has 1 aromatic rings.